The van der Waals surface area contributed by atoms with E-state index in [1.54, 1.807) is 6.07 Å². The maximum atomic E-state index is 13.1. The molecule has 6 rings (SSSR count). The lowest BCUT2D eigenvalue weighted by Gasteiger charge is -2.34. The van der Waals surface area contributed by atoms with Gasteiger partial charge in [0.05, 0.1) is 23.8 Å². The Bertz CT molecular complexity index is 1530. The highest BCUT2D eigenvalue weighted by molar-refractivity contribution is 7.89. The van der Waals surface area contributed by atoms with Crippen molar-refractivity contribution in [3.05, 3.63) is 41.6 Å². The van der Waals surface area contributed by atoms with Crippen LogP contribution in [0.3, 0.4) is 0 Å². The highest BCUT2D eigenvalue weighted by atomic mass is 32.2. The number of piperazine rings is 1. The van der Waals surface area contributed by atoms with Gasteiger partial charge < -0.3 is 4.74 Å². The van der Waals surface area contributed by atoms with Crippen molar-refractivity contribution in [2.24, 2.45) is 0 Å². The summed E-state index contributed by atoms with van der Waals surface area (Å²) in [5.41, 5.74) is 3.46. The number of nitrogens with zero attached hydrogens (tertiary/aromatic N) is 5. The number of ether oxygens (including phenoxy) is 1. The van der Waals surface area contributed by atoms with Crippen molar-refractivity contribution < 1.29 is 17.9 Å². The molecule has 10 nitrogen and oxygen atoms in total. The molecule has 0 spiro atoms. The van der Waals surface area contributed by atoms with Crippen LogP contribution in [-0.2, 0) is 16.6 Å². The average Bonchev–Trinajstić information content (AvgIpc) is 3.75. The molecule has 3 heterocycles. The number of carbonyl (C=O) groups is 1. The Morgan fingerprint density at radius 2 is 1.69 bits per heavy atom. The summed E-state index contributed by atoms with van der Waals surface area (Å²) in [5, 5.41) is 5.65. The molecule has 0 atom stereocenters. The summed E-state index contributed by atoms with van der Waals surface area (Å²) in [6, 6.07) is 11.0. The molecule has 1 aromatic carbocycles. The number of hydrogen-bond acceptors (Lipinski definition) is 8. The van der Waals surface area contributed by atoms with E-state index in [9.17, 15) is 13.2 Å². The highest BCUT2D eigenvalue weighted by Gasteiger charge is 2.31. The third-order valence-electron chi connectivity index (χ3n) is 8.55. The number of amides is 1. The number of fused-ring (bicyclic) bond motifs is 1. The predicted molar refractivity (Wildman–Crippen MR) is 163 cm³/mol. The van der Waals surface area contributed by atoms with Crippen molar-refractivity contribution in [2.45, 2.75) is 83.5 Å². The van der Waals surface area contributed by atoms with Gasteiger partial charge >= 0.3 is 0 Å². The molecule has 226 valence electrons. The number of sulfonamides is 1. The van der Waals surface area contributed by atoms with Crippen LogP contribution in [0.4, 0.5) is 0 Å². The number of nitrogens with one attached hydrogen (secondary N) is 1. The third kappa shape index (κ3) is 6.63. The van der Waals surface area contributed by atoms with Crippen LogP contribution in [-0.4, -0.2) is 83.5 Å². The van der Waals surface area contributed by atoms with E-state index in [-0.39, 0.29) is 17.8 Å². The number of rotatable bonds is 9. The van der Waals surface area contributed by atoms with E-state index in [2.05, 4.69) is 38.8 Å². The molecule has 0 bridgehead atoms. The second kappa shape index (κ2) is 11.9. The van der Waals surface area contributed by atoms with Gasteiger partial charge in [0, 0.05) is 44.3 Å². The molecule has 3 fully saturated rings. The van der Waals surface area contributed by atoms with E-state index in [0.29, 0.717) is 11.5 Å². The first kappa shape index (κ1) is 29.1. The zero-order chi connectivity index (χ0) is 29.4. The monoisotopic (exact) mass is 594 g/mol. The van der Waals surface area contributed by atoms with Crippen molar-refractivity contribution in [1.82, 2.24) is 29.3 Å². The maximum absolute atomic E-state index is 13.1. The van der Waals surface area contributed by atoms with E-state index >= 15 is 0 Å². The Kier molecular flexibility index (Phi) is 8.26. The SMILES string of the molecule is CC(C)Oc1nn(C2CCCCC2)c2nc(C(=O)NS(C)(=O)=O)cc(-c3ccc(CN4CCN(C5CC5)CC4)cc3)c12. The predicted octanol–water partition coefficient (Wildman–Crippen LogP) is 4.36. The maximum Gasteiger partial charge on any atom is 0.283 e. The molecule has 2 aliphatic carbocycles. The molecule has 1 amide bonds. The molecule has 1 aliphatic heterocycles. The Labute approximate surface area is 248 Å². The summed E-state index contributed by atoms with van der Waals surface area (Å²) in [6.45, 7) is 9.27. The number of pyridine rings is 1. The first-order valence-corrected chi connectivity index (χ1v) is 17.2. The van der Waals surface area contributed by atoms with Crippen molar-refractivity contribution in [1.29, 1.82) is 0 Å². The molecular formula is C31H42N6O4S. The molecule has 1 N–H and O–H groups in total. The fourth-order valence-corrected chi connectivity index (χ4v) is 6.77. The second-order valence-corrected chi connectivity index (χ2v) is 14.2. The molecule has 42 heavy (non-hydrogen) atoms. The lowest BCUT2D eigenvalue weighted by Crippen LogP contribution is -2.46. The first-order valence-electron chi connectivity index (χ1n) is 15.3. The fraction of sp³-hybridized carbons (Fsp3) is 0.581. The smallest absolute Gasteiger partial charge is 0.283 e. The quantitative estimate of drug-likeness (QED) is 0.389. The van der Waals surface area contributed by atoms with E-state index in [0.717, 1.165) is 87.2 Å². The molecule has 3 aliphatic rings. The molecule has 11 heteroatoms. The van der Waals surface area contributed by atoms with Crippen LogP contribution in [0.5, 0.6) is 5.88 Å². The third-order valence-corrected chi connectivity index (χ3v) is 9.11. The van der Waals surface area contributed by atoms with E-state index in [1.807, 2.05) is 18.5 Å². The number of aromatic nitrogens is 3. The molecule has 1 saturated heterocycles. The van der Waals surface area contributed by atoms with Gasteiger partial charge in [0.1, 0.15) is 5.69 Å². The van der Waals surface area contributed by atoms with Gasteiger partial charge in [-0.05, 0) is 56.7 Å². The molecule has 2 saturated carbocycles. The van der Waals surface area contributed by atoms with Crippen LogP contribution in [0.1, 0.15) is 80.9 Å². The van der Waals surface area contributed by atoms with Crippen molar-refractivity contribution >= 4 is 27.0 Å². The van der Waals surface area contributed by atoms with Gasteiger partial charge in [0.2, 0.25) is 15.9 Å². The molecule has 0 unspecified atom stereocenters. The van der Waals surface area contributed by atoms with Crippen LogP contribution in [0, 0.1) is 0 Å². The van der Waals surface area contributed by atoms with Crippen molar-refractivity contribution in [3.63, 3.8) is 0 Å². The van der Waals surface area contributed by atoms with Crippen LogP contribution in [0.15, 0.2) is 30.3 Å². The zero-order valence-electron chi connectivity index (χ0n) is 24.9. The summed E-state index contributed by atoms with van der Waals surface area (Å²) in [7, 11) is -3.76. The Hall–Kier alpha value is -3.02. The van der Waals surface area contributed by atoms with E-state index in [1.165, 1.54) is 24.8 Å². The number of hydrogen-bond donors (Lipinski definition) is 1. The van der Waals surface area contributed by atoms with Gasteiger partial charge in [-0.3, -0.25) is 14.6 Å². The van der Waals surface area contributed by atoms with E-state index in [4.69, 9.17) is 14.8 Å². The second-order valence-electron chi connectivity index (χ2n) is 12.4. The fourth-order valence-electron chi connectivity index (χ4n) is 6.33. The normalized spacial score (nSPS) is 19.4. The minimum absolute atomic E-state index is 0.0357. The van der Waals surface area contributed by atoms with Gasteiger partial charge in [-0.15, -0.1) is 5.10 Å². The summed E-state index contributed by atoms with van der Waals surface area (Å²) >= 11 is 0. The van der Waals surface area contributed by atoms with Gasteiger partial charge in [-0.2, -0.15) is 0 Å². The van der Waals surface area contributed by atoms with Crippen molar-refractivity contribution in [3.8, 4) is 17.0 Å². The summed E-state index contributed by atoms with van der Waals surface area (Å²) < 4.78 is 34.1. The first-order chi connectivity index (χ1) is 20.1. The van der Waals surface area contributed by atoms with Gasteiger partial charge in [0.15, 0.2) is 5.65 Å². The molecule has 3 aromatic rings. The van der Waals surface area contributed by atoms with Crippen LogP contribution >= 0.6 is 0 Å². The summed E-state index contributed by atoms with van der Waals surface area (Å²) in [6.07, 6.45) is 8.90. The number of carbonyl (C=O) groups excluding carboxylic acids is 1. The largest absolute Gasteiger partial charge is 0.473 e. The lowest BCUT2D eigenvalue weighted by atomic mass is 9.95. The molecular weight excluding hydrogens is 552 g/mol. The van der Waals surface area contributed by atoms with Crippen LogP contribution < -0.4 is 9.46 Å². The summed E-state index contributed by atoms with van der Waals surface area (Å²) in [4.78, 5) is 22.9. The topological polar surface area (TPSA) is 110 Å². The highest BCUT2D eigenvalue weighted by Crippen LogP contribution is 2.39. The minimum atomic E-state index is -3.76. The van der Waals surface area contributed by atoms with Gasteiger partial charge in [-0.1, -0.05) is 43.5 Å². The van der Waals surface area contributed by atoms with Crippen LogP contribution in [0.25, 0.3) is 22.2 Å². The average molecular weight is 595 g/mol. The Balaban J connectivity index is 1.37. The van der Waals surface area contributed by atoms with E-state index < -0.39 is 15.9 Å². The summed E-state index contributed by atoms with van der Waals surface area (Å²) in [5.74, 6) is -0.272. The van der Waals surface area contributed by atoms with Crippen LogP contribution in [0.2, 0.25) is 0 Å². The molecule has 2 aromatic heterocycles. The Morgan fingerprint density at radius 3 is 2.31 bits per heavy atom. The standard InChI is InChI=1S/C31H42N6O4S/c1-21(2)41-31-28-26(23-11-9-22(10-12-23)20-35-15-17-36(18-16-35)24-13-14-24)19-27(30(38)34-42(3,39)40)32-29(28)37(33-31)25-7-5-4-6-8-25/h9-12,19,21,24-25H,4-8,13-18,20H2,1-3H3,(H,34,38). The lowest BCUT2D eigenvalue weighted by molar-refractivity contribution is 0.0977. The molecule has 0 radical (unpaired) electrons. The Morgan fingerprint density at radius 1 is 1.00 bits per heavy atom. The zero-order valence-corrected chi connectivity index (χ0v) is 25.7. The number of benzene rings is 1. The van der Waals surface area contributed by atoms with Crippen molar-refractivity contribution in [2.75, 3.05) is 32.4 Å². The van der Waals surface area contributed by atoms with Gasteiger partial charge in [0.25, 0.3) is 5.91 Å². The van der Waals surface area contributed by atoms with Gasteiger partial charge in [-0.25, -0.2) is 22.8 Å². The minimum Gasteiger partial charge on any atom is -0.473 e.